The molecule has 2 nitrogen and oxygen atoms in total. The predicted molar refractivity (Wildman–Crippen MR) is 50.8 cm³/mol. The number of hydrogen-bond acceptors (Lipinski definition) is 2. The average molecular weight is 197 g/mol. The maximum absolute atomic E-state index is 9.96. The molecule has 68 valence electrons. The highest BCUT2D eigenvalue weighted by atomic mass is 35.5. The topological polar surface area (TPSA) is 29.5 Å². The first kappa shape index (κ1) is 8.60. The van der Waals surface area contributed by atoms with Crippen LogP contribution in [0.2, 0.25) is 5.02 Å². The molecule has 0 bridgehead atoms. The van der Waals surface area contributed by atoms with E-state index in [0.29, 0.717) is 22.1 Å². The first-order valence-electron chi connectivity index (χ1n) is 3.91. The molecule has 0 aromatic heterocycles. The van der Waals surface area contributed by atoms with Gasteiger partial charge in [0.25, 0.3) is 0 Å². The molecule has 0 fully saturated rings. The van der Waals surface area contributed by atoms with Gasteiger partial charge in [-0.2, -0.15) is 0 Å². The number of rotatable bonds is 0. The maximum Gasteiger partial charge on any atom is 0.147 e. The Morgan fingerprint density at radius 2 is 2.23 bits per heavy atom. The van der Waals surface area contributed by atoms with Gasteiger partial charge in [0.1, 0.15) is 17.1 Å². The van der Waals surface area contributed by atoms with Gasteiger partial charge in [-0.3, -0.25) is 0 Å². The second-order valence-electron chi connectivity index (χ2n) is 3.24. The van der Waals surface area contributed by atoms with Gasteiger partial charge in [-0.25, -0.2) is 0 Å². The SMILES string of the molecule is C=C1Oc2ccc(Cl)cc2C1(C)O. The zero-order valence-electron chi connectivity index (χ0n) is 7.17. The van der Waals surface area contributed by atoms with Crippen LogP contribution in [0.15, 0.2) is 30.5 Å². The van der Waals surface area contributed by atoms with Gasteiger partial charge < -0.3 is 9.84 Å². The van der Waals surface area contributed by atoms with Crippen molar-refractivity contribution in [2.75, 3.05) is 0 Å². The number of hydrogen-bond donors (Lipinski definition) is 1. The number of halogens is 1. The highest BCUT2D eigenvalue weighted by molar-refractivity contribution is 6.30. The summed E-state index contributed by atoms with van der Waals surface area (Å²) in [6, 6.07) is 5.13. The standard InChI is InChI=1S/C10H9ClO2/c1-6-10(2,12)8-5-7(11)3-4-9(8)13-6/h3-5,12H,1H2,2H3. The molecule has 0 aliphatic carbocycles. The number of benzene rings is 1. The highest BCUT2D eigenvalue weighted by Crippen LogP contribution is 2.43. The van der Waals surface area contributed by atoms with E-state index in [1.165, 1.54) is 0 Å². The van der Waals surface area contributed by atoms with Gasteiger partial charge >= 0.3 is 0 Å². The number of ether oxygens (including phenoxy) is 1. The molecule has 0 saturated carbocycles. The van der Waals surface area contributed by atoms with Crippen LogP contribution < -0.4 is 4.74 Å². The Kier molecular flexibility index (Phi) is 1.65. The molecule has 1 aliphatic heterocycles. The maximum atomic E-state index is 9.96. The van der Waals surface area contributed by atoms with Crippen LogP contribution >= 0.6 is 11.6 Å². The third kappa shape index (κ3) is 1.14. The summed E-state index contributed by atoms with van der Waals surface area (Å²) in [7, 11) is 0. The Labute approximate surface area is 81.4 Å². The monoisotopic (exact) mass is 196 g/mol. The highest BCUT2D eigenvalue weighted by Gasteiger charge is 2.38. The minimum Gasteiger partial charge on any atom is -0.458 e. The quantitative estimate of drug-likeness (QED) is 0.691. The van der Waals surface area contributed by atoms with Crippen molar-refractivity contribution in [3.63, 3.8) is 0 Å². The Balaban J connectivity index is 2.64. The molecule has 1 unspecified atom stereocenters. The number of aliphatic hydroxyl groups is 1. The summed E-state index contributed by atoms with van der Waals surface area (Å²) >= 11 is 5.80. The van der Waals surface area contributed by atoms with E-state index in [0.717, 1.165) is 0 Å². The zero-order chi connectivity index (χ0) is 9.64. The summed E-state index contributed by atoms with van der Waals surface area (Å²) in [5.41, 5.74) is -0.453. The van der Waals surface area contributed by atoms with Crippen molar-refractivity contribution in [3.8, 4) is 5.75 Å². The van der Waals surface area contributed by atoms with E-state index in [1.807, 2.05) is 0 Å². The lowest BCUT2D eigenvalue weighted by atomic mass is 9.96. The Morgan fingerprint density at radius 3 is 2.92 bits per heavy atom. The fourth-order valence-corrected chi connectivity index (χ4v) is 1.53. The molecule has 1 N–H and O–H groups in total. The van der Waals surface area contributed by atoms with Crippen molar-refractivity contribution in [2.24, 2.45) is 0 Å². The summed E-state index contributed by atoms with van der Waals surface area (Å²) < 4.78 is 5.27. The summed E-state index contributed by atoms with van der Waals surface area (Å²) in [6.45, 7) is 5.27. The molecule has 1 aliphatic rings. The van der Waals surface area contributed by atoms with Crippen LogP contribution in [0.25, 0.3) is 0 Å². The lowest BCUT2D eigenvalue weighted by molar-refractivity contribution is 0.0807. The molecule has 1 aromatic carbocycles. The van der Waals surface area contributed by atoms with Gasteiger partial charge in [0, 0.05) is 10.6 Å². The molecule has 0 amide bonds. The van der Waals surface area contributed by atoms with Crippen LogP contribution in [0.5, 0.6) is 5.75 Å². The molecule has 1 heterocycles. The Bertz CT molecular complexity index is 383. The van der Waals surface area contributed by atoms with E-state index >= 15 is 0 Å². The minimum atomic E-state index is -1.12. The van der Waals surface area contributed by atoms with Gasteiger partial charge in [0.15, 0.2) is 0 Å². The largest absolute Gasteiger partial charge is 0.458 e. The average Bonchev–Trinajstić information content (AvgIpc) is 2.27. The fourth-order valence-electron chi connectivity index (χ4n) is 1.35. The lowest BCUT2D eigenvalue weighted by Gasteiger charge is -2.15. The molecule has 13 heavy (non-hydrogen) atoms. The third-order valence-electron chi connectivity index (χ3n) is 2.24. The molecule has 0 radical (unpaired) electrons. The van der Waals surface area contributed by atoms with Crippen LogP contribution in [-0.4, -0.2) is 5.11 Å². The van der Waals surface area contributed by atoms with Gasteiger partial charge in [0.05, 0.1) is 0 Å². The Morgan fingerprint density at radius 1 is 1.54 bits per heavy atom. The zero-order valence-corrected chi connectivity index (χ0v) is 7.93. The molecular formula is C10H9ClO2. The van der Waals surface area contributed by atoms with Crippen LogP contribution in [0.4, 0.5) is 0 Å². The lowest BCUT2D eigenvalue weighted by Crippen LogP contribution is -2.19. The fraction of sp³-hybridized carbons (Fsp3) is 0.200. The Hall–Kier alpha value is -0.990. The van der Waals surface area contributed by atoms with Crippen LogP contribution in [0, 0.1) is 0 Å². The summed E-state index contributed by atoms with van der Waals surface area (Å²) in [6.07, 6.45) is 0. The minimum absolute atomic E-state index is 0.338. The van der Waals surface area contributed by atoms with E-state index in [9.17, 15) is 5.11 Å². The molecule has 3 heteroatoms. The van der Waals surface area contributed by atoms with E-state index in [-0.39, 0.29) is 0 Å². The molecule has 0 saturated heterocycles. The van der Waals surface area contributed by atoms with E-state index in [4.69, 9.17) is 16.3 Å². The first-order chi connectivity index (χ1) is 6.01. The van der Waals surface area contributed by atoms with Gasteiger partial charge in [0.2, 0.25) is 0 Å². The smallest absolute Gasteiger partial charge is 0.147 e. The van der Waals surface area contributed by atoms with Gasteiger partial charge in [-0.05, 0) is 25.1 Å². The molecule has 1 atom stereocenters. The van der Waals surface area contributed by atoms with Crippen molar-refractivity contribution >= 4 is 11.6 Å². The van der Waals surface area contributed by atoms with Crippen LogP contribution in [0.1, 0.15) is 12.5 Å². The third-order valence-corrected chi connectivity index (χ3v) is 2.48. The second-order valence-corrected chi connectivity index (χ2v) is 3.67. The summed E-state index contributed by atoms with van der Waals surface area (Å²) in [5, 5.41) is 10.5. The molecule has 1 aromatic rings. The summed E-state index contributed by atoms with van der Waals surface area (Å²) in [5.74, 6) is 0.962. The first-order valence-corrected chi connectivity index (χ1v) is 4.29. The predicted octanol–water partition coefficient (Wildman–Crippen LogP) is 2.45. The van der Waals surface area contributed by atoms with Crippen LogP contribution in [0.3, 0.4) is 0 Å². The van der Waals surface area contributed by atoms with Crippen molar-refractivity contribution in [3.05, 3.63) is 41.1 Å². The van der Waals surface area contributed by atoms with Crippen molar-refractivity contribution < 1.29 is 9.84 Å². The van der Waals surface area contributed by atoms with Crippen molar-refractivity contribution in [1.29, 1.82) is 0 Å². The normalized spacial score (nSPS) is 25.6. The number of fused-ring (bicyclic) bond motifs is 1. The molecule has 0 spiro atoms. The molecule has 2 rings (SSSR count). The van der Waals surface area contributed by atoms with Crippen molar-refractivity contribution in [1.82, 2.24) is 0 Å². The van der Waals surface area contributed by atoms with E-state index < -0.39 is 5.60 Å². The summed E-state index contributed by atoms with van der Waals surface area (Å²) in [4.78, 5) is 0. The van der Waals surface area contributed by atoms with Crippen molar-refractivity contribution in [2.45, 2.75) is 12.5 Å². The second kappa shape index (κ2) is 2.50. The van der Waals surface area contributed by atoms with Gasteiger partial charge in [-0.1, -0.05) is 18.2 Å². The van der Waals surface area contributed by atoms with Gasteiger partial charge in [-0.15, -0.1) is 0 Å². The van der Waals surface area contributed by atoms with Crippen LogP contribution in [-0.2, 0) is 5.60 Å². The van der Waals surface area contributed by atoms with E-state index in [1.54, 1.807) is 25.1 Å². The van der Waals surface area contributed by atoms with E-state index in [2.05, 4.69) is 6.58 Å². The molecular weight excluding hydrogens is 188 g/mol.